The fourth-order valence-electron chi connectivity index (χ4n) is 2.73. The van der Waals surface area contributed by atoms with Gasteiger partial charge in [0.1, 0.15) is 0 Å². The van der Waals surface area contributed by atoms with E-state index in [0.29, 0.717) is 6.04 Å². The highest BCUT2D eigenvalue weighted by molar-refractivity contribution is 7.09. The van der Waals surface area contributed by atoms with Gasteiger partial charge in [-0.3, -0.25) is 0 Å². The van der Waals surface area contributed by atoms with Crippen LogP contribution in [0.15, 0.2) is 5.38 Å². The van der Waals surface area contributed by atoms with Gasteiger partial charge in [0.25, 0.3) is 0 Å². The van der Waals surface area contributed by atoms with Gasteiger partial charge >= 0.3 is 0 Å². The van der Waals surface area contributed by atoms with E-state index in [4.69, 9.17) is 0 Å². The summed E-state index contributed by atoms with van der Waals surface area (Å²) in [7, 11) is 2.11. The Hall–Kier alpha value is -0.410. The number of aromatic nitrogens is 1. The maximum atomic E-state index is 4.59. The molecule has 0 aromatic carbocycles. The highest BCUT2D eigenvalue weighted by Crippen LogP contribution is 2.27. The summed E-state index contributed by atoms with van der Waals surface area (Å²) in [5.41, 5.74) is 1.18. The molecule has 16 heavy (non-hydrogen) atoms. The lowest BCUT2D eigenvalue weighted by Gasteiger charge is -2.23. The molecule has 0 saturated heterocycles. The van der Waals surface area contributed by atoms with Crippen molar-refractivity contribution in [2.75, 3.05) is 7.05 Å². The van der Waals surface area contributed by atoms with Crippen LogP contribution >= 0.6 is 11.3 Å². The van der Waals surface area contributed by atoms with Crippen molar-refractivity contribution in [2.24, 2.45) is 5.92 Å². The molecule has 90 valence electrons. The number of nitrogens with zero attached hydrogens (tertiary/aromatic N) is 1. The third-order valence-corrected chi connectivity index (χ3v) is 4.62. The maximum absolute atomic E-state index is 4.59. The first kappa shape index (κ1) is 12.1. The fraction of sp³-hybridized carbons (Fsp3) is 0.769. The van der Waals surface area contributed by atoms with Crippen molar-refractivity contribution in [3.8, 4) is 0 Å². The summed E-state index contributed by atoms with van der Waals surface area (Å²) in [4.78, 5) is 4.59. The molecular weight excluding hydrogens is 216 g/mol. The van der Waals surface area contributed by atoms with Gasteiger partial charge < -0.3 is 5.32 Å². The van der Waals surface area contributed by atoms with Gasteiger partial charge in [0.15, 0.2) is 0 Å². The van der Waals surface area contributed by atoms with Crippen molar-refractivity contribution in [2.45, 2.75) is 51.5 Å². The first-order valence-electron chi connectivity index (χ1n) is 6.38. The lowest BCUT2D eigenvalue weighted by Crippen LogP contribution is -2.33. The van der Waals surface area contributed by atoms with Gasteiger partial charge in [-0.15, -0.1) is 11.3 Å². The average molecular weight is 238 g/mol. The van der Waals surface area contributed by atoms with E-state index in [1.54, 1.807) is 0 Å². The van der Waals surface area contributed by atoms with Crippen LogP contribution in [0.2, 0.25) is 0 Å². The van der Waals surface area contributed by atoms with Crippen molar-refractivity contribution in [3.63, 3.8) is 0 Å². The third kappa shape index (κ3) is 3.05. The average Bonchev–Trinajstić information content (AvgIpc) is 2.56. The van der Waals surface area contributed by atoms with E-state index in [1.165, 1.54) is 49.2 Å². The molecule has 2 nitrogen and oxygen atoms in total. The molecule has 0 spiro atoms. The van der Waals surface area contributed by atoms with Gasteiger partial charge in [-0.1, -0.05) is 19.3 Å². The highest BCUT2D eigenvalue weighted by Gasteiger charge is 2.23. The Morgan fingerprint density at radius 3 is 2.88 bits per heavy atom. The second kappa shape index (κ2) is 5.78. The van der Waals surface area contributed by atoms with E-state index < -0.39 is 0 Å². The SMILES string of the molecule is CNC1CCCCCC1Cc1nc(C)cs1. The molecule has 1 N–H and O–H groups in total. The molecule has 1 fully saturated rings. The van der Waals surface area contributed by atoms with Gasteiger partial charge in [0.2, 0.25) is 0 Å². The molecule has 2 unspecified atom stereocenters. The lowest BCUT2D eigenvalue weighted by atomic mass is 9.92. The van der Waals surface area contributed by atoms with E-state index in [0.717, 1.165) is 5.92 Å². The van der Waals surface area contributed by atoms with Crippen LogP contribution in [0.3, 0.4) is 0 Å². The van der Waals surface area contributed by atoms with Gasteiger partial charge in [0, 0.05) is 23.5 Å². The summed E-state index contributed by atoms with van der Waals surface area (Å²) in [6.45, 7) is 2.09. The number of thiazole rings is 1. The summed E-state index contributed by atoms with van der Waals surface area (Å²) < 4.78 is 0. The van der Waals surface area contributed by atoms with Crippen LogP contribution in [-0.4, -0.2) is 18.1 Å². The molecule has 1 heterocycles. The largest absolute Gasteiger partial charge is 0.317 e. The van der Waals surface area contributed by atoms with E-state index in [-0.39, 0.29) is 0 Å². The summed E-state index contributed by atoms with van der Waals surface area (Å²) in [5.74, 6) is 0.790. The van der Waals surface area contributed by atoms with Crippen molar-refractivity contribution in [3.05, 3.63) is 16.1 Å². The molecule has 0 aliphatic heterocycles. The van der Waals surface area contributed by atoms with Crippen LogP contribution in [0.1, 0.15) is 42.8 Å². The number of hydrogen-bond donors (Lipinski definition) is 1. The number of aryl methyl sites for hydroxylation is 1. The van der Waals surface area contributed by atoms with Gasteiger partial charge in [-0.25, -0.2) is 4.98 Å². The van der Waals surface area contributed by atoms with Gasteiger partial charge in [0.05, 0.1) is 5.01 Å². The summed E-state index contributed by atoms with van der Waals surface area (Å²) in [5, 5.41) is 6.99. The molecule has 0 amide bonds. The second-order valence-corrected chi connectivity index (χ2v) is 5.82. The standard InChI is InChI=1S/C13H22N2S/c1-10-9-16-13(15-10)8-11-6-4-3-5-7-12(11)14-2/h9,11-12,14H,3-8H2,1-2H3. The highest BCUT2D eigenvalue weighted by atomic mass is 32.1. The molecule has 2 atom stereocenters. The zero-order valence-electron chi connectivity index (χ0n) is 10.3. The molecule has 1 saturated carbocycles. The predicted molar refractivity (Wildman–Crippen MR) is 70.0 cm³/mol. The molecule has 1 aliphatic carbocycles. The first-order chi connectivity index (χ1) is 7.79. The number of hydrogen-bond acceptors (Lipinski definition) is 3. The fourth-order valence-corrected chi connectivity index (χ4v) is 3.60. The molecule has 3 heteroatoms. The monoisotopic (exact) mass is 238 g/mol. The molecule has 0 radical (unpaired) electrons. The van der Waals surface area contributed by atoms with E-state index in [1.807, 2.05) is 11.3 Å². The Bertz CT molecular complexity index is 321. The van der Waals surface area contributed by atoms with E-state index >= 15 is 0 Å². The van der Waals surface area contributed by atoms with E-state index in [2.05, 4.69) is 29.7 Å². The summed E-state index contributed by atoms with van der Waals surface area (Å²) in [6.07, 6.45) is 8.07. The molecule has 1 aromatic heterocycles. The summed E-state index contributed by atoms with van der Waals surface area (Å²) in [6, 6.07) is 0.701. The Morgan fingerprint density at radius 1 is 1.38 bits per heavy atom. The van der Waals surface area contributed by atoms with Crippen LogP contribution in [0, 0.1) is 12.8 Å². The third-order valence-electron chi connectivity index (χ3n) is 3.63. The number of nitrogens with one attached hydrogen (secondary N) is 1. The molecule has 0 bridgehead atoms. The van der Waals surface area contributed by atoms with E-state index in [9.17, 15) is 0 Å². The molecular formula is C13H22N2S. The Labute approximate surface area is 102 Å². The van der Waals surface area contributed by atoms with Crippen molar-refractivity contribution < 1.29 is 0 Å². The molecule has 2 rings (SSSR count). The minimum atomic E-state index is 0.701. The van der Waals surface area contributed by atoms with Crippen LogP contribution in [-0.2, 0) is 6.42 Å². The zero-order chi connectivity index (χ0) is 11.4. The van der Waals surface area contributed by atoms with Crippen LogP contribution in [0.25, 0.3) is 0 Å². The lowest BCUT2D eigenvalue weighted by molar-refractivity contribution is 0.350. The van der Waals surface area contributed by atoms with Crippen molar-refractivity contribution >= 4 is 11.3 Å². The van der Waals surface area contributed by atoms with Crippen LogP contribution in [0.4, 0.5) is 0 Å². The smallest absolute Gasteiger partial charge is 0.0931 e. The van der Waals surface area contributed by atoms with Gasteiger partial charge in [-0.2, -0.15) is 0 Å². The van der Waals surface area contributed by atoms with Crippen molar-refractivity contribution in [1.29, 1.82) is 0 Å². The second-order valence-electron chi connectivity index (χ2n) is 4.88. The zero-order valence-corrected chi connectivity index (χ0v) is 11.1. The minimum Gasteiger partial charge on any atom is -0.317 e. The molecule has 1 aliphatic rings. The normalized spacial score (nSPS) is 26.6. The first-order valence-corrected chi connectivity index (χ1v) is 7.26. The Balaban J connectivity index is 1.99. The van der Waals surface area contributed by atoms with Gasteiger partial charge in [-0.05, 0) is 32.7 Å². The number of rotatable bonds is 3. The van der Waals surface area contributed by atoms with Crippen LogP contribution < -0.4 is 5.32 Å². The maximum Gasteiger partial charge on any atom is 0.0931 e. The minimum absolute atomic E-state index is 0.701. The topological polar surface area (TPSA) is 24.9 Å². The Kier molecular flexibility index (Phi) is 4.36. The summed E-state index contributed by atoms with van der Waals surface area (Å²) >= 11 is 1.82. The Morgan fingerprint density at radius 2 is 2.19 bits per heavy atom. The van der Waals surface area contributed by atoms with Crippen LogP contribution in [0.5, 0.6) is 0 Å². The predicted octanol–water partition coefficient (Wildman–Crippen LogP) is 3.16. The van der Waals surface area contributed by atoms with Crippen molar-refractivity contribution in [1.82, 2.24) is 10.3 Å². The molecule has 1 aromatic rings. The quantitative estimate of drug-likeness (QED) is 0.818.